The number of benzene rings is 1. The van der Waals surface area contributed by atoms with E-state index in [9.17, 15) is 13.5 Å². The Morgan fingerprint density at radius 2 is 1.81 bits per heavy atom. The average molecular weight is 243 g/mol. The van der Waals surface area contributed by atoms with Crippen molar-refractivity contribution in [2.45, 2.75) is 17.7 Å². The Morgan fingerprint density at radius 3 is 2.31 bits per heavy atom. The van der Waals surface area contributed by atoms with Gasteiger partial charge in [-0.25, -0.2) is 0 Å². The normalized spacial score (nSPS) is 16.7. The standard InChI is InChI=1S/C10H13NO4S/c12-10-7-8(16(13,14)15)3-4-9(10)11-5-1-2-6-11/h3-4,7,12H,1-2,5-6H2,(H,13,14,15). The first-order valence-corrected chi connectivity index (χ1v) is 6.48. The van der Waals surface area contributed by atoms with E-state index in [1.165, 1.54) is 12.1 Å². The molecule has 0 atom stereocenters. The quantitative estimate of drug-likeness (QED) is 0.764. The average Bonchev–Trinajstić information content (AvgIpc) is 2.69. The van der Waals surface area contributed by atoms with Crippen LogP contribution in [0.4, 0.5) is 5.69 Å². The molecule has 0 aliphatic carbocycles. The smallest absolute Gasteiger partial charge is 0.294 e. The second-order valence-electron chi connectivity index (χ2n) is 3.82. The van der Waals surface area contributed by atoms with Crippen LogP contribution in [0.3, 0.4) is 0 Å². The maximum absolute atomic E-state index is 10.8. The minimum absolute atomic E-state index is 0.114. The largest absolute Gasteiger partial charge is 0.506 e. The number of phenolic OH excluding ortho intramolecular Hbond substituents is 1. The molecule has 1 fully saturated rings. The third kappa shape index (κ3) is 2.12. The fourth-order valence-electron chi connectivity index (χ4n) is 1.89. The molecule has 0 unspecified atom stereocenters. The van der Waals surface area contributed by atoms with E-state index in [0.717, 1.165) is 32.0 Å². The van der Waals surface area contributed by atoms with Gasteiger partial charge in [0.1, 0.15) is 5.75 Å². The highest BCUT2D eigenvalue weighted by molar-refractivity contribution is 7.85. The maximum Gasteiger partial charge on any atom is 0.294 e. The first-order valence-electron chi connectivity index (χ1n) is 5.04. The molecule has 0 radical (unpaired) electrons. The first kappa shape index (κ1) is 11.2. The molecule has 6 heteroatoms. The molecule has 0 spiro atoms. The van der Waals surface area contributed by atoms with E-state index in [-0.39, 0.29) is 10.6 Å². The van der Waals surface area contributed by atoms with Crippen molar-refractivity contribution < 1.29 is 18.1 Å². The maximum atomic E-state index is 10.8. The summed E-state index contributed by atoms with van der Waals surface area (Å²) in [5.41, 5.74) is 0.616. The lowest BCUT2D eigenvalue weighted by atomic mass is 10.2. The van der Waals surface area contributed by atoms with Crippen molar-refractivity contribution >= 4 is 15.8 Å². The summed E-state index contributed by atoms with van der Waals surface area (Å²) in [4.78, 5) is 1.70. The van der Waals surface area contributed by atoms with E-state index in [0.29, 0.717) is 5.69 Å². The number of anilines is 1. The van der Waals surface area contributed by atoms with Gasteiger partial charge in [-0.2, -0.15) is 8.42 Å². The molecule has 5 nitrogen and oxygen atoms in total. The zero-order valence-corrected chi connectivity index (χ0v) is 9.44. The van der Waals surface area contributed by atoms with E-state index < -0.39 is 10.1 Å². The summed E-state index contributed by atoms with van der Waals surface area (Å²) in [6.45, 7) is 1.72. The number of nitrogens with zero attached hydrogens (tertiary/aromatic N) is 1. The van der Waals surface area contributed by atoms with Crippen molar-refractivity contribution in [3.8, 4) is 5.75 Å². The van der Waals surface area contributed by atoms with Crippen LogP contribution in [-0.2, 0) is 10.1 Å². The summed E-state index contributed by atoms with van der Waals surface area (Å²) in [7, 11) is -4.24. The van der Waals surface area contributed by atoms with E-state index in [2.05, 4.69) is 0 Å². The fraction of sp³-hybridized carbons (Fsp3) is 0.400. The molecule has 0 saturated carbocycles. The molecule has 1 aliphatic rings. The van der Waals surface area contributed by atoms with Crippen LogP contribution < -0.4 is 4.90 Å². The zero-order valence-electron chi connectivity index (χ0n) is 8.63. The van der Waals surface area contributed by atoms with Gasteiger partial charge in [0.25, 0.3) is 10.1 Å². The van der Waals surface area contributed by atoms with Gasteiger partial charge in [-0.15, -0.1) is 0 Å². The van der Waals surface area contributed by atoms with Crippen LogP contribution in [0.5, 0.6) is 5.75 Å². The van der Waals surface area contributed by atoms with Gasteiger partial charge in [0.15, 0.2) is 0 Å². The van der Waals surface area contributed by atoms with Crippen LogP contribution in [0.1, 0.15) is 12.8 Å². The Labute approximate surface area is 94.1 Å². The van der Waals surface area contributed by atoms with Crippen molar-refractivity contribution in [3.63, 3.8) is 0 Å². The Kier molecular flexibility index (Phi) is 2.77. The van der Waals surface area contributed by atoms with E-state index >= 15 is 0 Å². The molecule has 1 heterocycles. The highest BCUT2D eigenvalue weighted by Gasteiger charge is 2.18. The molecule has 1 aromatic rings. The Bertz CT molecular complexity index is 492. The van der Waals surface area contributed by atoms with Crippen molar-refractivity contribution in [2.24, 2.45) is 0 Å². The molecule has 1 aromatic carbocycles. The summed E-state index contributed by atoms with van der Waals surface area (Å²) in [6, 6.07) is 3.88. The van der Waals surface area contributed by atoms with Gasteiger partial charge in [0, 0.05) is 19.2 Å². The molecule has 0 aromatic heterocycles. The molecule has 1 saturated heterocycles. The highest BCUT2D eigenvalue weighted by Crippen LogP contribution is 2.31. The Balaban J connectivity index is 2.37. The molecule has 2 rings (SSSR count). The number of phenols is 1. The van der Waals surface area contributed by atoms with E-state index in [4.69, 9.17) is 4.55 Å². The van der Waals surface area contributed by atoms with Gasteiger partial charge in [-0.3, -0.25) is 4.55 Å². The molecule has 0 bridgehead atoms. The fourth-order valence-corrected chi connectivity index (χ4v) is 2.39. The van der Waals surface area contributed by atoms with Crippen LogP contribution in [0.15, 0.2) is 23.1 Å². The second-order valence-corrected chi connectivity index (χ2v) is 5.24. The number of rotatable bonds is 2. The van der Waals surface area contributed by atoms with Crippen molar-refractivity contribution in [1.82, 2.24) is 0 Å². The summed E-state index contributed by atoms with van der Waals surface area (Å²) in [6.07, 6.45) is 2.14. The SMILES string of the molecule is O=S(=O)(O)c1ccc(N2CCCC2)c(O)c1. The lowest BCUT2D eigenvalue weighted by molar-refractivity contribution is 0.466. The van der Waals surface area contributed by atoms with Crippen LogP contribution in [0, 0.1) is 0 Å². The van der Waals surface area contributed by atoms with Gasteiger partial charge in [0.05, 0.1) is 10.6 Å². The van der Waals surface area contributed by atoms with Crippen LogP contribution in [0.25, 0.3) is 0 Å². The topological polar surface area (TPSA) is 77.8 Å². The molecular formula is C10H13NO4S. The van der Waals surface area contributed by atoms with Gasteiger partial charge in [0.2, 0.25) is 0 Å². The van der Waals surface area contributed by atoms with E-state index in [1.54, 1.807) is 0 Å². The molecule has 1 aliphatic heterocycles. The van der Waals surface area contributed by atoms with Crippen molar-refractivity contribution in [3.05, 3.63) is 18.2 Å². The third-order valence-corrected chi connectivity index (χ3v) is 3.54. The summed E-state index contributed by atoms with van der Waals surface area (Å²) >= 11 is 0. The number of hydrogen-bond acceptors (Lipinski definition) is 4. The van der Waals surface area contributed by atoms with Gasteiger partial charge < -0.3 is 10.0 Å². The van der Waals surface area contributed by atoms with Crippen LogP contribution in [-0.4, -0.2) is 31.2 Å². The van der Waals surface area contributed by atoms with Crippen LogP contribution in [0.2, 0.25) is 0 Å². The van der Waals surface area contributed by atoms with Crippen LogP contribution >= 0.6 is 0 Å². The number of hydrogen-bond donors (Lipinski definition) is 2. The number of aromatic hydroxyl groups is 1. The predicted octanol–water partition coefficient (Wildman–Crippen LogP) is 1.24. The monoisotopic (exact) mass is 243 g/mol. The summed E-state index contributed by atoms with van der Waals surface area (Å²) < 4.78 is 30.5. The molecule has 0 amide bonds. The second kappa shape index (κ2) is 3.95. The molecule has 88 valence electrons. The zero-order chi connectivity index (χ0) is 11.8. The van der Waals surface area contributed by atoms with Gasteiger partial charge >= 0.3 is 0 Å². The minimum atomic E-state index is -4.24. The Morgan fingerprint density at radius 1 is 1.19 bits per heavy atom. The highest BCUT2D eigenvalue weighted by atomic mass is 32.2. The molecule has 2 N–H and O–H groups in total. The minimum Gasteiger partial charge on any atom is -0.506 e. The third-order valence-electron chi connectivity index (χ3n) is 2.69. The van der Waals surface area contributed by atoms with Crippen molar-refractivity contribution in [1.29, 1.82) is 0 Å². The molecule has 16 heavy (non-hydrogen) atoms. The lowest BCUT2D eigenvalue weighted by Crippen LogP contribution is -2.17. The Hall–Kier alpha value is -1.27. The molecular weight excluding hydrogens is 230 g/mol. The van der Waals surface area contributed by atoms with Crippen molar-refractivity contribution in [2.75, 3.05) is 18.0 Å². The van der Waals surface area contributed by atoms with Gasteiger partial charge in [-0.05, 0) is 25.0 Å². The van der Waals surface area contributed by atoms with Gasteiger partial charge in [-0.1, -0.05) is 0 Å². The lowest BCUT2D eigenvalue weighted by Gasteiger charge is -2.18. The first-order chi connectivity index (χ1) is 7.48. The predicted molar refractivity (Wildman–Crippen MR) is 59.4 cm³/mol. The van der Waals surface area contributed by atoms with E-state index in [1.807, 2.05) is 4.90 Å². The summed E-state index contributed by atoms with van der Waals surface area (Å²) in [5, 5.41) is 9.70. The summed E-state index contributed by atoms with van der Waals surface area (Å²) in [5.74, 6) is -0.114.